The SMILES string of the molecule is COc1cc(C)cc(C)c1-c1cc(Cl)[nH]c(=O)c1. The van der Waals surface area contributed by atoms with Crippen molar-refractivity contribution >= 4 is 11.6 Å². The van der Waals surface area contributed by atoms with Crippen LogP contribution in [0.5, 0.6) is 5.75 Å². The monoisotopic (exact) mass is 263 g/mol. The van der Waals surface area contributed by atoms with Gasteiger partial charge in [-0.2, -0.15) is 0 Å². The number of methoxy groups -OCH3 is 1. The number of hydrogen-bond donors (Lipinski definition) is 1. The first-order chi connectivity index (χ1) is 8.51. The van der Waals surface area contributed by atoms with E-state index in [4.69, 9.17) is 16.3 Å². The molecule has 18 heavy (non-hydrogen) atoms. The van der Waals surface area contributed by atoms with E-state index in [1.807, 2.05) is 26.0 Å². The largest absolute Gasteiger partial charge is 0.496 e. The lowest BCUT2D eigenvalue weighted by molar-refractivity contribution is 0.416. The standard InChI is InChI=1S/C14H14ClNO2/c1-8-4-9(2)14(11(5-8)18-3)10-6-12(15)16-13(17)7-10/h4-7H,1-3H3,(H,16,17). The summed E-state index contributed by atoms with van der Waals surface area (Å²) < 4.78 is 5.39. The smallest absolute Gasteiger partial charge is 0.249 e. The van der Waals surface area contributed by atoms with E-state index in [1.165, 1.54) is 6.07 Å². The fraction of sp³-hybridized carbons (Fsp3) is 0.214. The molecule has 0 atom stereocenters. The highest BCUT2D eigenvalue weighted by molar-refractivity contribution is 6.29. The van der Waals surface area contributed by atoms with Crippen LogP contribution in [-0.2, 0) is 0 Å². The summed E-state index contributed by atoms with van der Waals surface area (Å²) in [6.07, 6.45) is 0. The maximum absolute atomic E-state index is 11.5. The van der Waals surface area contributed by atoms with Gasteiger partial charge in [0, 0.05) is 11.6 Å². The van der Waals surface area contributed by atoms with Gasteiger partial charge in [0.15, 0.2) is 0 Å². The lowest BCUT2D eigenvalue weighted by atomic mass is 9.98. The van der Waals surface area contributed by atoms with Crippen molar-refractivity contribution in [2.24, 2.45) is 0 Å². The molecule has 0 aliphatic carbocycles. The summed E-state index contributed by atoms with van der Waals surface area (Å²) in [7, 11) is 1.62. The third kappa shape index (κ3) is 2.41. The molecule has 0 saturated carbocycles. The van der Waals surface area contributed by atoms with Gasteiger partial charge in [0.1, 0.15) is 10.9 Å². The molecule has 0 fully saturated rings. The van der Waals surface area contributed by atoms with Crippen LogP contribution in [0.15, 0.2) is 29.1 Å². The van der Waals surface area contributed by atoms with Crippen molar-refractivity contribution in [1.29, 1.82) is 0 Å². The van der Waals surface area contributed by atoms with Crippen LogP contribution in [-0.4, -0.2) is 12.1 Å². The Balaban J connectivity index is 2.73. The normalized spacial score (nSPS) is 10.4. The second-order valence-electron chi connectivity index (χ2n) is 4.24. The summed E-state index contributed by atoms with van der Waals surface area (Å²) in [6, 6.07) is 7.24. The van der Waals surface area contributed by atoms with Gasteiger partial charge in [0.25, 0.3) is 0 Å². The predicted octanol–water partition coefficient (Wildman–Crippen LogP) is 3.32. The minimum atomic E-state index is -0.223. The minimum Gasteiger partial charge on any atom is -0.496 e. The summed E-state index contributed by atoms with van der Waals surface area (Å²) in [6.45, 7) is 3.99. The van der Waals surface area contributed by atoms with E-state index >= 15 is 0 Å². The fourth-order valence-corrected chi connectivity index (χ4v) is 2.32. The summed E-state index contributed by atoms with van der Waals surface area (Å²) in [5.41, 5.74) is 3.60. The predicted molar refractivity (Wildman–Crippen MR) is 73.5 cm³/mol. The molecule has 94 valence electrons. The molecule has 0 spiro atoms. The lowest BCUT2D eigenvalue weighted by Gasteiger charge is -2.13. The molecule has 3 nitrogen and oxygen atoms in total. The van der Waals surface area contributed by atoms with Crippen molar-refractivity contribution in [3.8, 4) is 16.9 Å². The molecular formula is C14H14ClNO2. The Morgan fingerprint density at radius 2 is 1.89 bits per heavy atom. The first-order valence-electron chi connectivity index (χ1n) is 5.56. The number of halogens is 1. The van der Waals surface area contributed by atoms with Crippen molar-refractivity contribution in [3.63, 3.8) is 0 Å². The molecule has 0 saturated heterocycles. The Kier molecular flexibility index (Phi) is 3.43. The van der Waals surface area contributed by atoms with Crippen molar-refractivity contribution in [2.45, 2.75) is 13.8 Å². The Hall–Kier alpha value is -1.74. The van der Waals surface area contributed by atoms with Gasteiger partial charge >= 0.3 is 0 Å². The number of rotatable bonds is 2. The van der Waals surface area contributed by atoms with Gasteiger partial charge in [-0.25, -0.2) is 0 Å². The van der Waals surface area contributed by atoms with Gasteiger partial charge in [-0.3, -0.25) is 4.79 Å². The Morgan fingerprint density at radius 1 is 1.17 bits per heavy atom. The Morgan fingerprint density at radius 3 is 2.50 bits per heavy atom. The van der Waals surface area contributed by atoms with Gasteiger partial charge < -0.3 is 9.72 Å². The van der Waals surface area contributed by atoms with Gasteiger partial charge in [0.05, 0.1) is 7.11 Å². The first kappa shape index (κ1) is 12.7. The van der Waals surface area contributed by atoms with Crippen LogP contribution in [0.1, 0.15) is 11.1 Å². The van der Waals surface area contributed by atoms with Crippen LogP contribution in [0.2, 0.25) is 5.15 Å². The molecule has 1 heterocycles. The van der Waals surface area contributed by atoms with Crippen LogP contribution >= 0.6 is 11.6 Å². The lowest BCUT2D eigenvalue weighted by Crippen LogP contribution is -2.04. The average Bonchev–Trinajstić information content (AvgIpc) is 2.26. The van der Waals surface area contributed by atoms with E-state index < -0.39 is 0 Å². The number of H-pyrrole nitrogens is 1. The van der Waals surface area contributed by atoms with Gasteiger partial charge in [-0.1, -0.05) is 17.7 Å². The van der Waals surface area contributed by atoms with E-state index in [0.717, 1.165) is 28.0 Å². The van der Waals surface area contributed by atoms with Gasteiger partial charge in [-0.05, 0) is 42.7 Å². The molecule has 0 radical (unpaired) electrons. The molecule has 0 amide bonds. The van der Waals surface area contributed by atoms with Gasteiger partial charge in [-0.15, -0.1) is 0 Å². The van der Waals surface area contributed by atoms with E-state index in [2.05, 4.69) is 4.98 Å². The molecule has 2 aromatic rings. The first-order valence-corrected chi connectivity index (χ1v) is 5.94. The van der Waals surface area contributed by atoms with E-state index in [1.54, 1.807) is 13.2 Å². The van der Waals surface area contributed by atoms with Crippen LogP contribution in [0.25, 0.3) is 11.1 Å². The van der Waals surface area contributed by atoms with Crippen LogP contribution in [0, 0.1) is 13.8 Å². The van der Waals surface area contributed by atoms with Crippen molar-refractivity contribution in [3.05, 3.63) is 50.9 Å². The highest BCUT2D eigenvalue weighted by Crippen LogP contribution is 2.34. The quantitative estimate of drug-likeness (QED) is 0.845. The number of hydrogen-bond acceptors (Lipinski definition) is 2. The molecule has 1 aromatic heterocycles. The van der Waals surface area contributed by atoms with Crippen molar-refractivity contribution < 1.29 is 4.74 Å². The summed E-state index contributed by atoms with van der Waals surface area (Å²) in [5, 5.41) is 0.319. The summed E-state index contributed by atoms with van der Waals surface area (Å²) >= 11 is 5.88. The zero-order valence-corrected chi connectivity index (χ0v) is 11.3. The van der Waals surface area contributed by atoms with E-state index in [0.29, 0.717) is 5.15 Å². The number of pyridine rings is 1. The molecule has 2 rings (SSSR count). The van der Waals surface area contributed by atoms with Crippen LogP contribution in [0.4, 0.5) is 0 Å². The zero-order valence-electron chi connectivity index (χ0n) is 10.5. The van der Waals surface area contributed by atoms with Crippen LogP contribution < -0.4 is 10.3 Å². The molecule has 0 aliphatic heterocycles. The maximum Gasteiger partial charge on any atom is 0.249 e. The minimum absolute atomic E-state index is 0.223. The van der Waals surface area contributed by atoms with Crippen molar-refractivity contribution in [1.82, 2.24) is 4.98 Å². The van der Waals surface area contributed by atoms with E-state index in [-0.39, 0.29) is 5.56 Å². The highest BCUT2D eigenvalue weighted by atomic mass is 35.5. The molecule has 0 unspecified atom stereocenters. The summed E-state index contributed by atoms with van der Waals surface area (Å²) in [5.74, 6) is 0.745. The average molecular weight is 264 g/mol. The number of aryl methyl sites for hydroxylation is 2. The number of benzene rings is 1. The third-order valence-electron chi connectivity index (χ3n) is 2.76. The topological polar surface area (TPSA) is 42.1 Å². The van der Waals surface area contributed by atoms with Crippen LogP contribution in [0.3, 0.4) is 0 Å². The number of aromatic amines is 1. The number of aromatic nitrogens is 1. The number of ether oxygens (including phenoxy) is 1. The molecule has 0 bridgehead atoms. The highest BCUT2D eigenvalue weighted by Gasteiger charge is 2.11. The summed E-state index contributed by atoms with van der Waals surface area (Å²) in [4.78, 5) is 14.0. The zero-order chi connectivity index (χ0) is 13.3. The Labute approximate surface area is 110 Å². The maximum atomic E-state index is 11.5. The van der Waals surface area contributed by atoms with E-state index in [9.17, 15) is 4.79 Å². The van der Waals surface area contributed by atoms with Crippen molar-refractivity contribution in [2.75, 3.05) is 7.11 Å². The molecule has 4 heteroatoms. The molecule has 1 aromatic carbocycles. The second kappa shape index (κ2) is 4.86. The number of nitrogens with one attached hydrogen (secondary N) is 1. The second-order valence-corrected chi connectivity index (χ2v) is 4.65. The third-order valence-corrected chi connectivity index (χ3v) is 2.97. The fourth-order valence-electron chi connectivity index (χ4n) is 2.11. The van der Waals surface area contributed by atoms with Gasteiger partial charge in [0.2, 0.25) is 5.56 Å². The molecular weight excluding hydrogens is 250 g/mol. The Bertz CT molecular complexity index is 647. The molecule has 0 aliphatic rings. The molecule has 1 N–H and O–H groups in total.